The molecule has 1 fully saturated rings. The first-order chi connectivity index (χ1) is 10.0. The van der Waals surface area contributed by atoms with Crippen molar-refractivity contribution in [2.24, 2.45) is 0 Å². The van der Waals surface area contributed by atoms with Crippen molar-refractivity contribution in [2.45, 2.75) is 6.92 Å². The molecule has 0 spiro atoms. The summed E-state index contributed by atoms with van der Waals surface area (Å²) in [6.45, 7) is 5.60. The molecule has 0 atom stereocenters. The average molecular weight is 356 g/mol. The summed E-state index contributed by atoms with van der Waals surface area (Å²) in [7, 11) is 0. The van der Waals surface area contributed by atoms with E-state index in [1.54, 1.807) is 17.0 Å². The van der Waals surface area contributed by atoms with Crippen LogP contribution in [-0.2, 0) is 0 Å². The second-order valence-electron chi connectivity index (χ2n) is 5.10. The lowest BCUT2D eigenvalue weighted by molar-refractivity contribution is -0.385. The molecule has 1 amide bonds. The molecule has 0 saturated carbocycles. The Labute approximate surface area is 132 Å². The van der Waals surface area contributed by atoms with E-state index in [-0.39, 0.29) is 17.2 Å². The Balaban J connectivity index is 2.14. The summed E-state index contributed by atoms with van der Waals surface area (Å²) in [5, 5.41) is 12.0. The van der Waals surface area contributed by atoms with Gasteiger partial charge in [0.1, 0.15) is 5.56 Å². The van der Waals surface area contributed by atoms with Crippen LogP contribution in [0.1, 0.15) is 15.9 Å². The van der Waals surface area contributed by atoms with Gasteiger partial charge in [0.15, 0.2) is 0 Å². The van der Waals surface area contributed by atoms with Crippen molar-refractivity contribution in [2.75, 3.05) is 38.1 Å². The SMILES string of the molecule is Cc1ccc([N+](=O)[O-])c(C(=O)N2CCN(CCBr)CC2)c1. The molecule has 1 aromatic rings. The predicted octanol–water partition coefficient (Wildman–Crippen LogP) is 2.06. The Morgan fingerprint density at radius 2 is 2.00 bits per heavy atom. The first-order valence-electron chi connectivity index (χ1n) is 6.85. The number of carbonyl (C=O) groups excluding carboxylic acids is 1. The summed E-state index contributed by atoms with van der Waals surface area (Å²) >= 11 is 3.40. The van der Waals surface area contributed by atoms with Gasteiger partial charge in [0.05, 0.1) is 4.92 Å². The van der Waals surface area contributed by atoms with E-state index >= 15 is 0 Å². The number of benzene rings is 1. The molecule has 7 heteroatoms. The smallest absolute Gasteiger partial charge is 0.282 e. The van der Waals surface area contributed by atoms with Gasteiger partial charge in [0.2, 0.25) is 0 Å². The van der Waals surface area contributed by atoms with Crippen molar-refractivity contribution in [1.82, 2.24) is 9.80 Å². The van der Waals surface area contributed by atoms with E-state index in [0.717, 1.165) is 30.5 Å². The maximum absolute atomic E-state index is 12.5. The second kappa shape index (κ2) is 7.00. The topological polar surface area (TPSA) is 66.7 Å². The molecule has 1 heterocycles. The van der Waals surface area contributed by atoms with Gasteiger partial charge in [-0.15, -0.1) is 0 Å². The fourth-order valence-corrected chi connectivity index (χ4v) is 2.95. The van der Waals surface area contributed by atoms with Crippen molar-refractivity contribution in [1.29, 1.82) is 0 Å². The molecule has 6 nitrogen and oxygen atoms in total. The quantitative estimate of drug-likeness (QED) is 0.471. The molecule has 0 aromatic heterocycles. The lowest BCUT2D eigenvalue weighted by atomic mass is 10.1. The van der Waals surface area contributed by atoms with Crippen LogP contribution in [0, 0.1) is 17.0 Å². The number of nitrogens with zero attached hydrogens (tertiary/aromatic N) is 3. The summed E-state index contributed by atoms with van der Waals surface area (Å²) in [5.74, 6) is -0.246. The number of aryl methyl sites for hydroxylation is 1. The summed E-state index contributed by atoms with van der Waals surface area (Å²) in [5.41, 5.74) is 0.921. The van der Waals surface area contributed by atoms with Crippen molar-refractivity contribution in [3.63, 3.8) is 0 Å². The van der Waals surface area contributed by atoms with E-state index in [4.69, 9.17) is 0 Å². The molecule has 1 aliphatic heterocycles. The standard InChI is InChI=1S/C14H18BrN3O3/c1-11-2-3-13(18(20)21)12(10-11)14(19)17-8-6-16(5-4-15)7-9-17/h2-3,10H,4-9H2,1H3. The zero-order chi connectivity index (χ0) is 15.4. The number of nitro groups is 1. The van der Waals surface area contributed by atoms with E-state index in [9.17, 15) is 14.9 Å². The molecule has 0 aliphatic carbocycles. The third-order valence-electron chi connectivity index (χ3n) is 3.64. The molecule has 1 aromatic carbocycles. The Morgan fingerprint density at radius 3 is 2.57 bits per heavy atom. The molecule has 0 radical (unpaired) electrons. The number of hydrogen-bond acceptors (Lipinski definition) is 4. The van der Waals surface area contributed by atoms with E-state index in [1.165, 1.54) is 6.07 Å². The van der Waals surface area contributed by atoms with E-state index in [1.807, 2.05) is 6.92 Å². The Hall–Kier alpha value is -1.47. The third kappa shape index (κ3) is 3.79. The monoisotopic (exact) mass is 355 g/mol. The maximum Gasteiger partial charge on any atom is 0.282 e. The van der Waals surface area contributed by atoms with E-state index in [0.29, 0.717) is 13.1 Å². The van der Waals surface area contributed by atoms with Gasteiger partial charge < -0.3 is 4.90 Å². The van der Waals surface area contributed by atoms with Crippen LogP contribution in [0.25, 0.3) is 0 Å². The fourth-order valence-electron chi connectivity index (χ4n) is 2.44. The molecule has 0 N–H and O–H groups in total. The molecule has 21 heavy (non-hydrogen) atoms. The highest BCUT2D eigenvalue weighted by Crippen LogP contribution is 2.22. The minimum Gasteiger partial charge on any atom is -0.336 e. The number of piperazine rings is 1. The number of nitro benzene ring substituents is 1. The van der Waals surface area contributed by atoms with Crippen LogP contribution in [0.15, 0.2) is 18.2 Å². The van der Waals surface area contributed by atoms with Gasteiger partial charge in [-0.1, -0.05) is 22.0 Å². The number of alkyl halides is 1. The minimum absolute atomic E-state index is 0.117. The molecular weight excluding hydrogens is 338 g/mol. The summed E-state index contributed by atoms with van der Waals surface area (Å²) in [6.07, 6.45) is 0. The molecule has 0 bridgehead atoms. The summed E-state index contributed by atoms with van der Waals surface area (Å²) in [6, 6.07) is 4.66. The summed E-state index contributed by atoms with van der Waals surface area (Å²) in [4.78, 5) is 27.1. The highest BCUT2D eigenvalue weighted by molar-refractivity contribution is 9.09. The van der Waals surface area contributed by atoms with E-state index < -0.39 is 4.92 Å². The highest BCUT2D eigenvalue weighted by Gasteiger charge is 2.27. The highest BCUT2D eigenvalue weighted by atomic mass is 79.9. The van der Waals surface area contributed by atoms with E-state index in [2.05, 4.69) is 20.8 Å². The lowest BCUT2D eigenvalue weighted by Crippen LogP contribution is -2.49. The number of amides is 1. The molecule has 1 aliphatic rings. The Kier molecular flexibility index (Phi) is 5.30. The third-order valence-corrected chi connectivity index (χ3v) is 3.99. The molecule has 0 unspecified atom stereocenters. The van der Waals surface area contributed by atoms with Gasteiger partial charge in [-0.25, -0.2) is 0 Å². The minimum atomic E-state index is -0.492. The van der Waals surface area contributed by atoms with Gasteiger partial charge in [0, 0.05) is 44.1 Å². The van der Waals surface area contributed by atoms with Gasteiger partial charge in [0.25, 0.3) is 11.6 Å². The number of halogens is 1. The fraction of sp³-hybridized carbons (Fsp3) is 0.500. The van der Waals surface area contributed by atoms with Crippen LogP contribution in [0.5, 0.6) is 0 Å². The first kappa shape index (κ1) is 15.9. The molecule has 114 valence electrons. The summed E-state index contributed by atoms with van der Waals surface area (Å²) < 4.78 is 0. The predicted molar refractivity (Wildman–Crippen MR) is 84.0 cm³/mol. The number of hydrogen-bond donors (Lipinski definition) is 0. The van der Waals surface area contributed by atoms with Crippen LogP contribution >= 0.6 is 15.9 Å². The van der Waals surface area contributed by atoms with Gasteiger partial charge >= 0.3 is 0 Å². The normalized spacial score (nSPS) is 16.0. The van der Waals surface area contributed by atoms with Crippen molar-refractivity contribution < 1.29 is 9.72 Å². The van der Waals surface area contributed by atoms with Crippen LogP contribution in [0.4, 0.5) is 5.69 Å². The van der Waals surface area contributed by atoms with Crippen LogP contribution in [0.2, 0.25) is 0 Å². The van der Waals surface area contributed by atoms with Gasteiger partial charge in [-0.05, 0) is 18.6 Å². The number of rotatable bonds is 4. The largest absolute Gasteiger partial charge is 0.336 e. The average Bonchev–Trinajstić information content (AvgIpc) is 2.47. The van der Waals surface area contributed by atoms with Gasteiger partial charge in [-0.2, -0.15) is 0 Å². The van der Waals surface area contributed by atoms with Crippen molar-refractivity contribution in [3.05, 3.63) is 39.4 Å². The van der Waals surface area contributed by atoms with Crippen molar-refractivity contribution in [3.8, 4) is 0 Å². The zero-order valence-electron chi connectivity index (χ0n) is 11.9. The first-order valence-corrected chi connectivity index (χ1v) is 7.97. The molecule has 2 rings (SSSR count). The lowest BCUT2D eigenvalue weighted by Gasteiger charge is -2.34. The zero-order valence-corrected chi connectivity index (χ0v) is 13.5. The van der Waals surface area contributed by atoms with Crippen LogP contribution < -0.4 is 0 Å². The number of carbonyl (C=O) groups is 1. The molecular formula is C14H18BrN3O3. The maximum atomic E-state index is 12.5. The second-order valence-corrected chi connectivity index (χ2v) is 5.89. The van der Waals surface area contributed by atoms with Crippen LogP contribution in [0.3, 0.4) is 0 Å². The van der Waals surface area contributed by atoms with Crippen LogP contribution in [-0.4, -0.2) is 58.7 Å². The Bertz CT molecular complexity index is 542. The van der Waals surface area contributed by atoms with Crippen molar-refractivity contribution >= 4 is 27.5 Å². The van der Waals surface area contributed by atoms with Gasteiger partial charge in [-0.3, -0.25) is 19.8 Å². The Morgan fingerprint density at radius 1 is 1.33 bits per heavy atom. The molecule has 1 saturated heterocycles.